The van der Waals surface area contributed by atoms with E-state index in [0.717, 1.165) is 5.57 Å². The Morgan fingerprint density at radius 1 is 1.33 bits per heavy atom. The predicted molar refractivity (Wildman–Crippen MR) is 68.1 cm³/mol. The molecular weight excluding hydrogens is 276 g/mol. The monoisotopic (exact) mass is 294 g/mol. The highest BCUT2D eigenvalue weighted by atomic mass is 16.7. The van der Waals surface area contributed by atoms with Crippen molar-refractivity contribution in [1.82, 2.24) is 0 Å². The van der Waals surface area contributed by atoms with Crippen molar-refractivity contribution in [3.63, 3.8) is 0 Å². The number of aliphatic hydroxyl groups is 2. The highest BCUT2D eigenvalue weighted by molar-refractivity contribution is 5.80. The van der Waals surface area contributed by atoms with Gasteiger partial charge in [-0.3, -0.25) is 4.79 Å². The lowest BCUT2D eigenvalue weighted by Crippen LogP contribution is -2.70. The summed E-state index contributed by atoms with van der Waals surface area (Å²) < 4.78 is 16.9. The zero-order valence-electron chi connectivity index (χ0n) is 11.9. The molecule has 2 saturated carbocycles. The molecule has 2 N–H and O–H groups in total. The molecule has 3 aliphatic heterocycles. The van der Waals surface area contributed by atoms with Crippen molar-refractivity contribution in [3.8, 4) is 0 Å². The van der Waals surface area contributed by atoms with E-state index in [1.54, 1.807) is 6.92 Å². The van der Waals surface area contributed by atoms with Gasteiger partial charge >= 0.3 is 5.97 Å². The van der Waals surface area contributed by atoms with Crippen LogP contribution in [0.2, 0.25) is 0 Å². The molecule has 0 radical (unpaired) electrons. The van der Waals surface area contributed by atoms with E-state index in [2.05, 4.69) is 6.58 Å². The van der Waals surface area contributed by atoms with Gasteiger partial charge in [0.2, 0.25) is 0 Å². The Labute approximate surface area is 121 Å². The molecule has 9 atom stereocenters. The third-order valence-corrected chi connectivity index (χ3v) is 6.74. The minimum absolute atomic E-state index is 0.0985. The highest BCUT2D eigenvalue weighted by Crippen LogP contribution is 2.74. The largest absolute Gasteiger partial charge is 0.459 e. The smallest absolute Gasteiger partial charge is 0.313 e. The fourth-order valence-corrected chi connectivity index (χ4v) is 5.65. The van der Waals surface area contributed by atoms with Gasteiger partial charge in [0.05, 0.1) is 17.9 Å². The molecule has 9 unspecified atom stereocenters. The fraction of sp³-hybridized carbons (Fsp3) is 0.800. The molecule has 2 bridgehead atoms. The number of esters is 1. The van der Waals surface area contributed by atoms with Crippen molar-refractivity contribution in [2.24, 2.45) is 17.3 Å². The average Bonchev–Trinajstić information content (AvgIpc) is 3.05. The van der Waals surface area contributed by atoms with Crippen LogP contribution < -0.4 is 0 Å². The first kappa shape index (κ1) is 12.6. The molecule has 3 heterocycles. The first-order valence-corrected chi connectivity index (χ1v) is 7.36. The zero-order valence-corrected chi connectivity index (χ0v) is 11.9. The molecule has 2 aliphatic carbocycles. The maximum atomic E-state index is 12.4. The van der Waals surface area contributed by atoms with Crippen molar-refractivity contribution in [2.75, 3.05) is 6.61 Å². The number of ether oxygens (including phenoxy) is 3. The van der Waals surface area contributed by atoms with Gasteiger partial charge in [0.25, 0.3) is 0 Å². The molecular formula is C15H18O6. The molecule has 0 aromatic carbocycles. The molecule has 0 spiro atoms. The van der Waals surface area contributed by atoms with Gasteiger partial charge in [-0.05, 0) is 6.92 Å². The summed E-state index contributed by atoms with van der Waals surface area (Å²) in [5.74, 6) is -1.48. The zero-order chi connectivity index (χ0) is 14.9. The molecule has 21 heavy (non-hydrogen) atoms. The van der Waals surface area contributed by atoms with Crippen LogP contribution in [0.5, 0.6) is 0 Å². The molecule has 0 aromatic rings. The van der Waals surface area contributed by atoms with Gasteiger partial charge in [0.1, 0.15) is 35.6 Å². The van der Waals surface area contributed by atoms with Crippen molar-refractivity contribution in [1.29, 1.82) is 0 Å². The number of rotatable bonds is 1. The van der Waals surface area contributed by atoms with Gasteiger partial charge in [-0.25, -0.2) is 0 Å². The summed E-state index contributed by atoms with van der Waals surface area (Å²) in [6.45, 7) is 7.69. The first-order valence-electron chi connectivity index (χ1n) is 7.36. The van der Waals surface area contributed by atoms with Crippen molar-refractivity contribution < 1.29 is 29.2 Å². The molecule has 3 saturated heterocycles. The molecule has 0 aromatic heterocycles. The van der Waals surface area contributed by atoms with Crippen LogP contribution in [0.1, 0.15) is 13.8 Å². The van der Waals surface area contributed by atoms with E-state index in [1.165, 1.54) is 0 Å². The van der Waals surface area contributed by atoms with Crippen LogP contribution in [0.25, 0.3) is 0 Å². The molecule has 5 rings (SSSR count). The summed E-state index contributed by atoms with van der Waals surface area (Å²) in [4.78, 5) is 12.4. The Hall–Kier alpha value is -0.950. The summed E-state index contributed by atoms with van der Waals surface area (Å²) in [6.07, 6.45) is -2.02. The Morgan fingerprint density at radius 2 is 2.05 bits per heavy atom. The Bertz CT molecular complexity index is 603. The van der Waals surface area contributed by atoms with E-state index < -0.39 is 52.9 Å². The normalized spacial score (nSPS) is 65.8. The Balaban J connectivity index is 1.79. The molecule has 5 fully saturated rings. The lowest BCUT2D eigenvalue weighted by atomic mass is 9.52. The number of fused-ring (bicyclic) bond motifs is 7. The van der Waals surface area contributed by atoms with Crippen LogP contribution in [-0.4, -0.2) is 58.4 Å². The summed E-state index contributed by atoms with van der Waals surface area (Å²) in [6, 6.07) is 0. The van der Waals surface area contributed by atoms with Crippen molar-refractivity contribution in [2.45, 2.75) is 49.5 Å². The summed E-state index contributed by atoms with van der Waals surface area (Å²) in [7, 11) is 0. The van der Waals surface area contributed by atoms with Crippen LogP contribution in [-0.2, 0) is 19.0 Å². The number of hydrogen-bond donors (Lipinski definition) is 2. The summed E-state index contributed by atoms with van der Waals surface area (Å²) in [5, 5.41) is 22.5. The lowest BCUT2D eigenvalue weighted by Gasteiger charge is -2.53. The Morgan fingerprint density at radius 3 is 2.71 bits per heavy atom. The highest BCUT2D eigenvalue weighted by Gasteiger charge is 2.93. The minimum atomic E-state index is -1.47. The van der Waals surface area contributed by atoms with Gasteiger partial charge < -0.3 is 24.4 Å². The average molecular weight is 294 g/mol. The van der Waals surface area contributed by atoms with Crippen molar-refractivity contribution in [3.05, 3.63) is 12.2 Å². The maximum Gasteiger partial charge on any atom is 0.313 e. The third kappa shape index (κ3) is 0.933. The van der Waals surface area contributed by atoms with Crippen LogP contribution in [0.15, 0.2) is 12.2 Å². The SMILES string of the molecule is C=C(C)C1C2OC(=O)C1C1(O)C3OC3C3(O)COC2C31C. The summed E-state index contributed by atoms with van der Waals surface area (Å²) >= 11 is 0. The second-order valence-corrected chi connectivity index (χ2v) is 7.41. The minimum Gasteiger partial charge on any atom is -0.459 e. The van der Waals surface area contributed by atoms with E-state index in [1.807, 2.05) is 6.92 Å². The lowest BCUT2D eigenvalue weighted by molar-refractivity contribution is -0.227. The number of hydrogen-bond acceptors (Lipinski definition) is 6. The molecule has 6 nitrogen and oxygen atoms in total. The van der Waals surface area contributed by atoms with Gasteiger partial charge in [-0.2, -0.15) is 0 Å². The van der Waals surface area contributed by atoms with Gasteiger partial charge in [0, 0.05) is 5.92 Å². The van der Waals surface area contributed by atoms with E-state index in [9.17, 15) is 15.0 Å². The van der Waals surface area contributed by atoms with Gasteiger partial charge in [-0.1, -0.05) is 19.1 Å². The molecule has 6 heteroatoms. The van der Waals surface area contributed by atoms with E-state index in [-0.39, 0.29) is 12.5 Å². The first-order chi connectivity index (χ1) is 9.78. The van der Waals surface area contributed by atoms with E-state index in [0.29, 0.717) is 0 Å². The summed E-state index contributed by atoms with van der Waals surface area (Å²) in [5.41, 5.74) is -2.90. The quantitative estimate of drug-likeness (QED) is 0.381. The second-order valence-electron chi connectivity index (χ2n) is 7.41. The Kier molecular flexibility index (Phi) is 1.83. The van der Waals surface area contributed by atoms with Crippen LogP contribution >= 0.6 is 0 Å². The molecule has 0 amide bonds. The van der Waals surface area contributed by atoms with Crippen LogP contribution in [0.4, 0.5) is 0 Å². The molecule has 114 valence electrons. The number of carbonyl (C=O) groups is 1. The predicted octanol–water partition coefficient (Wildman–Crippen LogP) is -0.618. The van der Waals surface area contributed by atoms with E-state index >= 15 is 0 Å². The topological polar surface area (TPSA) is 88.5 Å². The second kappa shape index (κ2) is 3.06. The van der Waals surface area contributed by atoms with Gasteiger partial charge in [-0.15, -0.1) is 0 Å². The van der Waals surface area contributed by atoms with E-state index in [4.69, 9.17) is 14.2 Å². The maximum absolute atomic E-state index is 12.4. The van der Waals surface area contributed by atoms with Gasteiger partial charge in [0.15, 0.2) is 0 Å². The molecule has 5 aliphatic rings. The van der Waals surface area contributed by atoms with Crippen LogP contribution in [0, 0.1) is 17.3 Å². The standard InChI is InChI=1S/C15H18O6/c1-5(2)6-7-12(16)20-8(6)9-13(3)14(17,4-19-9)10-11(21-10)15(7,13)18/h6-11,17-18H,1,4H2,2-3H3. The van der Waals surface area contributed by atoms with Crippen molar-refractivity contribution >= 4 is 5.97 Å². The number of epoxide rings is 1. The number of carbonyl (C=O) groups excluding carboxylic acids is 1. The fourth-order valence-electron chi connectivity index (χ4n) is 5.65. The third-order valence-electron chi connectivity index (χ3n) is 6.74. The van der Waals surface area contributed by atoms with Crippen LogP contribution in [0.3, 0.4) is 0 Å².